The van der Waals surface area contributed by atoms with Gasteiger partial charge in [0.05, 0.1) is 5.69 Å². The van der Waals surface area contributed by atoms with E-state index in [1.807, 2.05) is 61.6 Å². The number of pyridine rings is 1. The first-order chi connectivity index (χ1) is 15.8. The predicted octanol–water partition coefficient (Wildman–Crippen LogP) is 3.08. The molecule has 1 fully saturated rings. The van der Waals surface area contributed by atoms with Crippen LogP contribution in [0.2, 0.25) is 0 Å². The summed E-state index contributed by atoms with van der Waals surface area (Å²) >= 11 is 0. The number of hydrogen-bond acceptors (Lipinski definition) is 7. The van der Waals surface area contributed by atoms with Crippen molar-refractivity contribution in [1.82, 2.24) is 14.5 Å². The molecule has 3 aromatic rings. The largest absolute Gasteiger partial charge is 0.397 e. The quantitative estimate of drug-likeness (QED) is 0.630. The Morgan fingerprint density at radius 2 is 1.70 bits per heavy atom. The number of aromatic nitrogens is 3. The van der Waals surface area contributed by atoms with Crippen molar-refractivity contribution < 1.29 is 5.11 Å². The molecule has 8 nitrogen and oxygen atoms in total. The van der Waals surface area contributed by atoms with Crippen LogP contribution in [0.3, 0.4) is 0 Å². The third-order valence-electron chi connectivity index (χ3n) is 5.24. The van der Waals surface area contributed by atoms with Crippen LogP contribution in [0.5, 0.6) is 0 Å². The second-order valence-corrected chi connectivity index (χ2v) is 7.94. The van der Waals surface area contributed by atoms with Crippen LogP contribution in [-0.4, -0.2) is 53.4 Å². The van der Waals surface area contributed by atoms with E-state index in [1.54, 1.807) is 20.9 Å². The van der Waals surface area contributed by atoms with Crippen LogP contribution in [0.15, 0.2) is 53.5 Å². The molecular formula is C25H36N6O2. The molecule has 0 amide bonds. The van der Waals surface area contributed by atoms with Gasteiger partial charge in [0, 0.05) is 58.3 Å². The summed E-state index contributed by atoms with van der Waals surface area (Å²) < 4.78 is 1.48. The fourth-order valence-electron chi connectivity index (χ4n) is 3.38. The molecular weight excluding hydrogens is 416 g/mol. The number of benzene rings is 1. The summed E-state index contributed by atoms with van der Waals surface area (Å²) in [5.74, 6) is 1.76. The molecule has 0 atom stereocenters. The summed E-state index contributed by atoms with van der Waals surface area (Å²) in [4.78, 5) is 25.0. The minimum absolute atomic E-state index is 0.205. The van der Waals surface area contributed by atoms with Gasteiger partial charge in [0.2, 0.25) is 0 Å². The van der Waals surface area contributed by atoms with E-state index in [1.165, 1.54) is 30.5 Å². The van der Waals surface area contributed by atoms with E-state index in [-0.39, 0.29) is 17.9 Å². The van der Waals surface area contributed by atoms with Gasteiger partial charge >= 0.3 is 0 Å². The van der Waals surface area contributed by atoms with Crippen LogP contribution in [0.4, 0.5) is 17.2 Å². The third kappa shape index (κ3) is 7.05. The summed E-state index contributed by atoms with van der Waals surface area (Å²) in [7, 11) is 5.65. The molecule has 0 saturated carbocycles. The van der Waals surface area contributed by atoms with Crippen molar-refractivity contribution in [1.29, 1.82) is 0 Å². The van der Waals surface area contributed by atoms with Crippen molar-refractivity contribution in [2.75, 3.05) is 49.3 Å². The Balaban J connectivity index is 0.000000231. The fraction of sp³-hybridized carbons (Fsp3) is 0.400. The highest BCUT2D eigenvalue weighted by atomic mass is 16.2. The van der Waals surface area contributed by atoms with Gasteiger partial charge in [0.15, 0.2) is 0 Å². The van der Waals surface area contributed by atoms with Gasteiger partial charge in [0.25, 0.3) is 5.56 Å². The van der Waals surface area contributed by atoms with Gasteiger partial charge in [-0.25, -0.2) is 9.97 Å². The zero-order chi connectivity index (χ0) is 24.4. The van der Waals surface area contributed by atoms with E-state index < -0.39 is 0 Å². The molecule has 1 aliphatic heterocycles. The van der Waals surface area contributed by atoms with Crippen molar-refractivity contribution in [3.8, 4) is 11.4 Å². The lowest BCUT2D eigenvalue weighted by molar-refractivity contribution is 0.318. The zero-order valence-corrected chi connectivity index (χ0v) is 20.3. The van der Waals surface area contributed by atoms with Gasteiger partial charge in [-0.15, -0.1) is 0 Å². The van der Waals surface area contributed by atoms with E-state index in [4.69, 9.17) is 10.8 Å². The van der Waals surface area contributed by atoms with Crippen LogP contribution in [0.1, 0.15) is 25.5 Å². The van der Waals surface area contributed by atoms with Crippen LogP contribution in [0.25, 0.3) is 11.4 Å². The van der Waals surface area contributed by atoms with Gasteiger partial charge in [-0.1, -0.05) is 6.07 Å². The second-order valence-electron chi connectivity index (χ2n) is 7.94. The molecule has 3 N–H and O–H groups in total. The molecule has 33 heavy (non-hydrogen) atoms. The Morgan fingerprint density at radius 3 is 2.21 bits per heavy atom. The van der Waals surface area contributed by atoms with E-state index in [9.17, 15) is 4.79 Å². The first-order valence-corrected chi connectivity index (χ1v) is 11.2. The maximum Gasteiger partial charge on any atom is 0.276 e. The molecule has 2 aromatic heterocycles. The topological polar surface area (TPSA) is 101 Å². The normalized spacial score (nSPS) is 12.4. The summed E-state index contributed by atoms with van der Waals surface area (Å²) in [5.41, 5.74) is 8.25. The molecule has 0 aliphatic carbocycles. The standard InChI is InChI=1S/C14H18N4O.C9H12N2.C2H6O/c1-9-12(15)14(19)18(4)13(16-9)10-5-7-11(8-6-10)17(2)3;1-2-6-10-9(5-1)11-7-3-4-8-11;1-2-3/h5-8H,15H2,1-4H3;1-2,5-6H,3-4,7-8H2;3H,2H2,1H3. The van der Waals surface area contributed by atoms with E-state index >= 15 is 0 Å². The number of nitrogen functional groups attached to an aromatic ring is 1. The molecule has 1 saturated heterocycles. The highest BCUT2D eigenvalue weighted by molar-refractivity contribution is 5.62. The van der Waals surface area contributed by atoms with Crippen LogP contribution < -0.4 is 21.1 Å². The number of rotatable bonds is 3. The highest BCUT2D eigenvalue weighted by Gasteiger charge is 2.12. The van der Waals surface area contributed by atoms with E-state index in [2.05, 4.69) is 20.9 Å². The molecule has 0 spiro atoms. The Bertz CT molecular complexity index is 1040. The van der Waals surface area contributed by atoms with E-state index in [0.717, 1.165) is 17.1 Å². The van der Waals surface area contributed by atoms with Gasteiger partial charge in [-0.05, 0) is 63.1 Å². The maximum absolute atomic E-state index is 11.9. The summed E-state index contributed by atoms with van der Waals surface area (Å²) in [5, 5.41) is 7.57. The van der Waals surface area contributed by atoms with Crippen molar-refractivity contribution in [3.05, 3.63) is 64.7 Å². The SMILES string of the molecule is CCO.Cc1nc(-c2ccc(N(C)C)cc2)n(C)c(=O)c1N.c1ccc(N2CCCC2)nc1. The first-order valence-electron chi connectivity index (χ1n) is 11.2. The minimum atomic E-state index is -0.209. The van der Waals surface area contributed by atoms with E-state index in [0.29, 0.717) is 11.5 Å². The Kier molecular flexibility index (Phi) is 9.87. The second kappa shape index (κ2) is 12.6. The maximum atomic E-state index is 11.9. The molecule has 178 valence electrons. The lowest BCUT2D eigenvalue weighted by Gasteiger charge is -2.14. The van der Waals surface area contributed by atoms with Crippen molar-refractivity contribution in [3.63, 3.8) is 0 Å². The number of aliphatic hydroxyl groups is 1. The number of nitrogens with two attached hydrogens (primary N) is 1. The average molecular weight is 453 g/mol. The lowest BCUT2D eigenvalue weighted by Crippen LogP contribution is -2.24. The number of nitrogens with zero attached hydrogens (tertiary/aromatic N) is 5. The summed E-state index contributed by atoms with van der Waals surface area (Å²) in [6, 6.07) is 14.0. The molecule has 0 bridgehead atoms. The highest BCUT2D eigenvalue weighted by Crippen LogP contribution is 2.21. The van der Waals surface area contributed by atoms with Gasteiger partial charge < -0.3 is 20.6 Å². The van der Waals surface area contributed by atoms with Gasteiger partial charge in [-0.2, -0.15) is 0 Å². The molecule has 3 heterocycles. The molecule has 4 rings (SSSR count). The molecule has 8 heteroatoms. The van der Waals surface area contributed by atoms with Crippen molar-refractivity contribution >= 4 is 17.2 Å². The average Bonchev–Trinajstić information content (AvgIpc) is 3.37. The predicted molar refractivity (Wildman–Crippen MR) is 137 cm³/mol. The first kappa shape index (κ1) is 25.9. The minimum Gasteiger partial charge on any atom is -0.397 e. The molecule has 1 aliphatic rings. The summed E-state index contributed by atoms with van der Waals surface area (Å²) in [6.07, 6.45) is 4.49. The van der Waals surface area contributed by atoms with Crippen LogP contribution >= 0.6 is 0 Å². The van der Waals surface area contributed by atoms with Crippen LogP contribution in [-0.2, 0) is 7.05 Å². The Labute approximate surface area is 196 Å². The van der Waals surface area contributed by atoms with Crippen molar-refractivity contribution in [2.24, 2.45) is 7.05 Å². The molecule has 1 aromatic carbocycles. The third-order valence-corrected chi connectivity index (χ3v) is 5.24. The number of aliphatic hydroxyl groups excluding tert-OH is 1. The fourth-order valence-corrected chi connectivity index (χ4v) is 3.38. The summed E-state index contributed by atoms with van der Waals surface area (Å²) in [6.45, 7) is 6.03. The smallest absolute Gasteiger partial charge is 0.276 e. The lowest BCUT2D eigenvalue weighted by atomic mass is 10.1. The molecule has 0 radical (unpaired) electrons. The van der Waals surface area contributed by atoms with Gasteiger partial charge in [0.1, 0.15) is 17.3 Å². The number of hydrogen-bond donors (Lipinski definition) is 2. The van der Waals surface area contributed by atoms with Gasteiger partial charge in [-0.3, -0.25) is 9.36 Å². The number of aryl methyl sites for hydroxylation is 1. The van der Waals surface area contributed by atoms with Crippen molar-refractivity contribution in [2.45, 2.75) is 26.7 Å². The monoisotopic (exact) mass is 452 g/mol. The Hall–Kier alpha value is -3.39. The number of anilines is 3. The Morgan fingerprint density at radius 1 is 1.09 bits per heavy atom. The van der Waals surface area contributed by atoms with Crippen LogP contribution in [0, 0.1) is 6.92 Å². The zero-order valence-electron chi connectivity index (χ0n) is 20.3. The molecule has 0 unspecified atom stereocenters.